The Morgan fingerprint density at radius 2 is 1.92 bits per heavy atom. The highest BCUT2D eigenvalue weighted by molar-refractivity contribution is 5.82. The molecule has 1 amide bonds. The van der Waals surface area contributed by atoms with Gasteiger partial charge in [-0.1, -0.05) is 30.3 Å². The van der Waals surface area contributed by atoms with E-state index in [1.54, 1.807) is 4.90 Å². The van der Waals surface area contributed by atoms with Crippen LogP contribution in [-0.2, 0) is 35.1 Å². The normalized spacial score (nSPS) is 33.2. The number of hydrogen-bond donors (Lipinski definition) is 0. The van der Waals surface area contributed by atoms with Crippen molar-refractivity contribution in [3.63, 3.8) is 0 Å². The maximum atomic E-state index is 13.0. The maximum Gasteiger partial charge on any atom is 0.254 e. The number of hydrogen-bond acceptors (Lipinski definition) is 6. The summed E-state index contributed by atoms with van der Waals surface area (Å²) in [5.41, 5.74) is 1.03. The van der Waals surface area contributed by atoms with Crippen molar-refractivity contribution < 1.29 is 28.5 Å². The lowest BCUT2D eigenvalue weighted by atomic mass is 10.1. The summed E-state index contributed by atoms with van der Waals surface area (Å²) in [6.45, 7) is 6.26. The van der Waals surface area contributed by atoms with Crippen molar-refractivity contribution in [2.75, 3.05) is 26.3 Å². The Labute approximate surface area is 153 Å². The van der Waals surface area contributed by atoms with Crippen molar-refractivity contribution in [1.82, 2.24) is 4.90 Å². The molecule has 4 rings (SSSR count). The molecule has 0 saturated carbocycles. The molecule has 0 bridgehead atoms. The van der Waals surface area contributed by atoms with Gasteiger partial charge in [0.15, 0.2) is 18.2 Å². The molecule has 0 aromatic heterocycles. The lowest BCUT2D eigenvalue weighted by Gasteiger charge is -2.32. The molecule has 0 aliphatic carbocycles. The second-order valence-electron chi connectivity index (χ2n) is 7.22. The number of carbonyl (C=O) groups excluding carboxylic acids is 1. The molecule has 3 aliphatic heterocycles. The summed E-state index contributed by atoms with van der Waals surface area (Å²) in [4.78, 5) is 14.7. The van der Waals surface area contributed by atoms with Crippen LogP contribution in [-0.4, -0.2) is 67.5 Å². The van der Waals surface area contributed by atoms with Crippen molar-refractivity contribution in [3.8, 4) is 0 Å². The van der Waals surface area contributed by atoms with Gasteiger partial charge in [-0.15, -0.1) is 0 Å². The molecule has 3 fully saturated rings. The fourth-order valence-corrected chi connectivity index (χ4v) is 3.59. The minimum atomic E-state index is -0.753. The number of carbonyl (C=O) groups is 1. The molecular formula is C19H25NO6. The zero-order valence-electron chi connectivity index (χ0n) is 15.1. The largest absolute Gasteiger partial charge is 0.378 e. The molecule has 3 heterocycles. The Morgan fingerprint density at radius 1 is 1.19 bits per heavy atom. The summed E-state index contributed by atoms with van der Waals surface area (Å²) in [6.07, 6.45) is -2.27. The fourth-order valence-electron chi connectivity index (χ4n) is 3.59. The molecular weight excluding hydrogens is 338 g/mol. The highest BCUT2D eigenvalue weighted by Crippen LogP contribution is 2.39. The molecule has 3 aliphatic rings. The summed E-state index contributed by atoms with van der Waals surface area (Å²) in [7, 11) is 0. The molecule has 7 nitrogen and oxygen atoms in total. The van der Waals surface area contributed by atoms with Crippen LogP contribution < -0.4 is 0 Å². The number of rotatable bonds is 4. The molecule has 1 aromatic rings. The van der Waals surface area contributed by atoms with Crippen LogP contribution in [0.1, 0.15) is 19.4 Å². The molecule has 3 saturated heterocycles. The summed E-state index contributed by atoms with van der Waals surface area (Å²) < 4.78 is 29.2. The standard InChI is InChI=1S/C19H25NO6/c1-19(2)25-16-14(23-12-13-6-4-3-5-7-13)15(24-18(16)26-19)17(21)20-8-10-22-11-9-20/h3-7,14-16,18H,8-12H2,1-2H3. The van der Waals surface area contributed by atoms with Crippen molar-refractivity contribution in [2.24, 2.45) is 0 Å². The van der Waals surface area contributed by atoms with E-state index in [-0.39, 0.29) is 5.91 Å². The fraction of sp³-hybridized carbons (Fsp3) is 0.632. The first kappa shape index (κ1) is 17.9. The Morgan fingerprint density at radius 3 is 2.65 bits per heavy atom. The molecule has 26 heavy (non-hydrogen) atoms. The van der Waals surface area contributed by atoms with Crippen LogP contribution in [0.25, 0.3) is 0 Å². The predicted octanol–water partition coefficient (Wildman–Crippen LogP) is 1.31. The van der Waals surface area contributed by atoms with Gasteiger partial charge in [0, 0.05) is 13.1 Å². The number of nitrogens with zero attached hydrogens (tertiary/aromatic N) is 1. The van der Waals surface area contributed by atoms with E-state index in [0.717, 1.165) is 5.56 Å². The summed E-state index contributed by atoms with van der Waals surface area (Å²) in [6, 6.07) is 9.85. The second-order valence-corrected chi connectivity index (χ2v) is 7.22. The average molecular weight is 363 g/mol. The van der Waals surface area contributed by atoms with Gasteiger partial charge in [-0.3, -0.25) is 4.79 Å². The van der Waals surface area contributed by atoms with E-state index in [2.05, 4.69) is 0 Å². The third-order valence-electron chi connectivity index (χ3n) is 4.84. The van der Waals surface area contributed by atoms with Crippen LogP contribution in [0, 0.1) is 0 Å². The third-order valence-corrected chi connectivity index (χ3v) is 4.84. The molecule has 0 N–H and O–H groups in total. The van der Waals surface area contributed by atoms with Crippen LogP contribution in [0.2, 0.25) is 0 Å². The highest BCUT2D eigenvalue weighted by atomic mass is 16.8. The van der Waals surface area contributed by atoms with Gasteiger partial charge in [0.05, 0.1) is 19.8 Å². The number of amides is 1. The van der Waals surface area contributed by atoms with Gasteiger partial charge in [-0.25, -0.2) is 0 Å². The number of fused-ring (bicyclic) bond motifs is 1. The average Bonchev–Trinajstić information content (AvgIpc) is 3.12. The Hall–Kier alpha value is -1.51. The quantitative estimate of drug-likeness (QED) is 0.804. The molecule has 4 atom stereocenters. The third kappa shape index (κ3) is 3.63. The molecule has 0 radical (unpaired) electrons. The van der Waals surface area contributed by atoms with Gasteiger partial charge in [0.25, 0.3) is 5.91 Å². The monoisotopic (exact) mass is 363 g/mol. The van der Waals surface area contributed by atoms with Gasteiger partial charge in [0.2, 0.25) is 0 Å². The van der Waals surface area contributed by atoms with Crippen LogP contribution >= 0.6 is 0 Å². The Kier molecular flexibility index (Phi) is 4.98. The van der Waals surface area contributed by atoms with Crippen molar-refractivity contribution >= 4 is 5.91 Å². The first-order valence-electron chi connectivity index (χ1n) is 9.07. The van der Waals surface area contributed by atoms with Crippen LogP contribution in [0.3, 0.4) is 0 Å². The van der Waals surface area contributed by atoms with Gasteiger partial charge in [-0.2, -0.15) is 0 Å². The lowest BCUT2D eigenvalue weighted by molar-refractivity contribution is -0.221. The van der Waals surface area contributed by atoms with Gasteiger partial charge in [-0.05, 0) is 19.4 Å². The first-order chi connectivity index (χ1) is 12.5. The zero-order chi connectivity index (χ0) is 18.1. The van der Waals surface area contributed by atoms with E-state index in [9.17, 15) is 4.79 Å². The van der Waals surface area contributed by atoms with Crippen molar-refractivity contribution in [1.29, 1.82) is 0 Å². The number of ether oxygens (including phenoxy) is 5. The summed E-state index contributed by atoms with van der Waals surface area (Å²) >= 11 is 0. The van der Waals surface area contributed by atoms with E-state index in [0.29, 0.717) is 32.9 Å². The van der Waals surface area contributed by atoms with Crippen molar-refractivity contribution in [2.45, 2.75) is 50.8 Å². The summed E-state index contributed by atoms with van der Waals surface area (Å²) in [5, 5.41) is 0. The highest BCUT2D eigenvalue weighted by Gasteiger charge is 2.58. The topological polar surface area (TPSA) is 66.5 Å². The van der Waals surface area contributed by atoms with Crippen LogP contribution in [0.15, 0.2) is 30.3 Å². The minimum Gasteiger partial charge on any atom is -0.378 e. The zero-order valence-corrected chi connectivity index (χ0v) is 15.1. The summed E-state index contributed by atoms with van der Waals surface area (Å²) in [5.74, 6) is -0.845. The molecule has 4 unspecified atom stereocenters. The molecule has 0 spiro atoms. The van der Waals surface area contributed by atoms with Gasteiger partial charge in [0.1, 0.15) is 12.2 Å². The van der Waals surface area contributed by atoms with E-state index in [4.69, 9.17) is 23.7 Å². The number of morpholine rings is 1. The van der Waals surface area contributed by atoms with E-state index < -0.39 is 30.4 Å². The molecule has 142 valence electrons. The van der Waals surface area contributed by atoms with E-state index in [1.165, 1.54) is 0 Å². The second kappa shape index (κ2) is 7.25. The van der Waals surface area contributed by atoms with Crippen molar-refractivity contribution in [3.05, 3.63) is 35.9 Å². The maximum absolute atomic E-state index is 13.0. The predicted molar refractivity (Wildman–Crippen MR) is 91.1 cm³/mol. The Bertz CT molecular complexity index is 630. The van der Waals surface area contributed by atoms with E-state index >= 15 is 0 Å². The SMILES string of the molecule is CC1(C)OC2OC(C(=O)N3CCOCC3)C(OCc3ccccc3)C2O1. The van der Waals surface area contributed by atoms with E-state index in [1.807, 2.05) is 44.2 Å². The van der Waals surface area contributed by atoms with Gasteiger partial charge < -0.3 is 28.6 Å². The van der Waals surface area contributed by atoms with Gasteiger partial charge >= 0.3 is 0 Å². The first-order valence-corrected chi connectivity index (χ1v) is 9.07. The number of benzene rings is 1. The minimum absolute atomic E-state index is 0.0919. The molecule has 1 aromatic carbocycles. The Balaban J connectivity index is 1.49. The van der Waals surface area contributed by atoms with Crippen LogP contribution in [0.4, 0.5) is 0 Å². The smallest absolute Gasteiger partial charge is 0.254 e. The van der Waals surface area contributed by atoms with Crippen LogP contribution in [0.5, 0.6) is 0 Å². The molecule has 7 heteroatoms. The lowest BCUT2D eigenvalue weighted by Crippen LogP contribution is -2.50.